The number of benzene rings is 2. The number of nitrogens with zero attached hydrogens (tertiary/aromatic N) is 5. The lowest BCUT2D eigenvalue weighted by molar-refractivity contribution is 0.323. The molecule has 0 spiro atoms. The van der Waals surface area contributed by atoms with Gasteiger partial charge in [0.25, 0.3) is 0 Å². The third-order valence-corrected chi connectivity index (χ3v) is 5.34. The average molecular weight is 376 g/mol. The van der Waals surface area contributed by atoms with Crippen LogP contribution in [-0.2, 0) is 13.6 Å². The van der Waals surface area contributed by atoms with E-state index in [4.69, 9.17) is 0 Å². The largest absolute Gasteiger partial charge is 0.296 e. The molecule has 0 atom stereocenters. The van der Waals surface area contributed by atoms with Gasteiger partial charge in [-0.25, -0.2) is 9.37 Å². The number of rotatable bonds is 4. The van der Waals surface area contributed by atoms with Crippen molar-refractivity contribution in [3.05, 3.63) is 54.1 Å². The Morgan fingerprint density at radius 3 is 2.57 bits per heavy atom. The second-order valence-electron chi connectivity index (χ2n) is 7.29. The van der Waals surface area contributed by atoms with Gasteiger partial charge in [0.2, 0.25) is 0 Å². The number of nitrogens with one attached hydrogen (secondary N) is 1. The Morgan fingerprint density at radius 2 is 1.79 bits per heavy atom. The Balaban J connectivity index is 1.51. The third kappa shape index (κ3) is 3.07. The molecule has 4 aromatic rings. The molecule has 1 saturated heterocycles. The highest BCUT2D eigenvalue weighted by Crippen LogP contribution is 2.30. The summed E-state index contributed by atoms with van der Waals surface area (Å²) < 4.78 is 15.2. The lowest BCUT2D eigenvalue weighted by Gasteiger charge is -2.10. The Labute approximate surface area is 162 Å². The maximum absolute atomic E-state index is 13.3. The number of hydrogen-bond acceptors (Lipinski definition) is 4. The standard InChI is InChI=1S/C21H21FN6/c1-27-18-9-6-15(21-23-19(24-25-21)13-28-10-2-3-11-28)12-17(18)20(26-27)14-4-7-16(22)8-5-14/h4-9,12H,2-3,10-11,13H2,1H3,(H,23,24,25). The van der Waals surface area contributed by atoms with Crippen molar-refractivity contribution in [2.45, 2.75) is 19.4 Å². The molecule has 5 rings (SSSR count). The molecule has 1 aliphatic rings. The molecular weight excluding hydrogens is 355 g/mol. The van der Waals surface area contributed by atoms with Crippen LogP contribution in [0.4, 0.5) is 4.39 Å². The molecule has 0 saturated carbocycles. The second-order valence-corrected chi connectivity index (χ2v) is 7.29. The summed E-state index contributed by atoms with van der Waals surface area (Å²) in [6.07, 6.45) is 2.50. The van der Waals surface area contributed by atoms with Gasteiger partial charge in [-0.1, -0.05) is 0 Å². The topological polar surface area (TPSA) is 62.6 Å². The molecule has 28 heavy (non-hydrogen) atoms. The van der Waals surface area contributed by atoms with E-state index in [0.717, 1.165) is 59.0 Å². The highest BCUT2D eigenvalue weighted by atomic mass is 19.1. The Bertz CT molecular complexity index is 1120. The van der Waals surface area contributed by atoms with Gasteiger partial charge in [0.15, 0.2) is 11.6 Å². The molecule has 0 bridgehead atoms. The first kappa shape index (κ1) is 17.1. The molecule has 0 unspecified atom stereocenters. The first-order chi connectivity index (χ1) is 13.7. The zero-order valence-electron chi connectivity index (χ0n) is 15.7. The summed E-state index contributed by atoms with van der Waals surface area (Å²) in [5, 5.41) is 13.1. The summed E-state index contributed by atoms with van der Waals surface area (Å²) in [5.41, 5.74) is 3.69. The summed E-state index contributed by atoms with van der Waals surface area (Å²) in [5.74, 6) is 1.32. The fourth-order valence-corrected chi connectivity index (χ4v) is 3.87. The van der Waals surface area contributed by atoms with E-state index in [1.54, 1.807) is 12.1 Å². The van der Waals surface area contributed by atoms with E-state index < -0.39 is 0 Å². The molecule has 7 heteroatoms. The number of aromatic amines is 1. The molecule has 0 aliphatic carbocycles. The van der Waals surface area contributed by atoms with E-state index in [-0.39, 0.29) is 5.82 Å². The monoisotopic (exact) mass is 376 g/mol. The predicted octanol–water partition coefficient (Wildman–Crippen LogP) is 3.76. The summed E-state index contributed by atoms with van der Waals surface area (Å²) in [6, 6.07) is 12.6. The maximum Gasteiger partial charge on any atom is 0.165 e. The first-order valence-corrected chi connectivity index (χ1v) is 9.54. The highest BCUT2D eigenvalue weighted by Gasteiger charge is 2.16. The summed E-state index contributed by atoms with van der Waals surface area (Å²) >= 11 is 0. The first-order valence-electron chi connectivity index (χ1n) is 9.54. The van der Waals surface area contributed by atoms with Crippen molar-refractivity contribution in [3.8, 4) is 22.6 Å². The maximum atomic E-state index is 13.3. The number of fused-ring (bicyclic) bond motifs is 1. The van der Waals surface area contributed by atoms with E-state index in [2.05, 4.69) is 31.2 Å². The zero-order chi connectivity index (χ0) is 19.1. The molecule has 2 aromatic carbocycles. The van der Waals surface area contributed by atoms with Gasteiger partial charge in [-0.15, -0.1) is 0 Å². The number of aromatic nitrogens is 5. The van der Waals surface area contributed by atoms with Crippen LogP contribution in [0.3, 0.4) is 0 Å². The van der Waals surface area contributed by atoms with Crippen LogP contribution < -0.4 is 0 Å². The van der Waals surface area contributed by atoms with Gasteiger partial charge >= 0.3 is 0 Å². The van der Waals surface area contributed by atoms with E-state index in [9.17, 15) is 4.39 Å². The van der Waals surface area contributed by atoms with Crippen molar-refractivity contribution in [1.82, 2.24) is 29.9 Å². The van der Waals surface area contributed by atoms with E-state index in [1.807, 2.05) is 23.9 Å². The molecule has 1 aliphatic heterocycles. The lowest BCUT2D eigenvalue weighted by Crippen LogP contribution is -2.19. The summed E-state index contributed by atoms with van der Waals surface area (Å²) in [7, 11) is 1.91. The smallest absolute Gasteiger partial charge is 0.165 e. The number of halogens is 1. The van der Waals surface area contributed by atoms with Crippen LogP contribution in [0.25, 0.3) is 33.5 Å². The summed E-state index contributed by atoms with van der Waals surface area (Å²) in [4.78, 5) is 7.07. The zero-order valence-corrected chi connectivity index (χ0v) is 15.7. The van der Waals surface area contributed by atoms with Crippen LogP contribution in [0.5, 0.6) is 0 Å². The van der Waals surface area contributed by atoms with Crippen LogP contribution in [0, 0.1) is 5.82 Å². The Hall–Kier alpha value is -3.06. The quantitative estimate of drug-likeness (QED) is 0.589. The molecule has 1 fully saturated rings. The number of H-pyrrole nitrogens is 1. The molecule has 0 radical (unpaired) electrons. The third-order valence-electron chi connectivity index (χ3n) is 5.34. The van der Waals surface area contributed by atoms with Crippen LogP contribution in [-0.4, -0.2) is 43.0 Å². The van der Waals surface area contributed by atoms with Gasteiger partial charge in [0.1, 0.15) is 11.5 Å². The van der Waals surface area contributed by atoms with Gasteiger partial charge < -0.3 is 0 Å². The molecule has 6 nitrogen and oxygen atoms in total. The Morgan fingerprint density at radius 1 is 1.04 bits per heavy atom. The minimum Gasteiger partial charge on any atom is -0.296 e. The highest BCUT2D eigenvalue weighted by molar-refractivity contribution is 5.95. The van der Waals surface area contributed by atoms with Crippen LogP contribution in [0.15, 0.2) is 42.5 Å². The molecule has 0 amide bonds. The average Bonchev–Trinajstić information content (AvgIpc) is 3.44. The van der Waals surface area contributed by atoms with Gasteiger partial charge in [-0.05, 0) is 68.4 Å². The second kappa shape index (κ2) is 6.83. The van der Waals surface area contributed by atoms with Crippen molar-refractivity contribution >= 4 is 10.9 Å². The number of aryl methyl sites for hydroxylation is 1. The normalized spacial score (nSPS) is 14.9. The van der Waals surface area contributed by atoms with Crippen molar-refractivity contribution in [2.24, 2.45) is 7.05 Å². The van der Waals surface area contributed by atoms with Gasteiger partial charge in [0.05, 0.1) is 12.1 Å². The molecule has 3 heterocycles. The SMILES string of the molecule is Cn1nc(-c2ccc(F)cc2)c2cc(-c3nc(CN4CCCC4)n[nH]3)ccc21. The number of likely N-dealkylation sites (tertiary alicyclic amines) is 1. The minimum atomic E-state index is -0.253. The van der Waals surface area contributed by atoms with Crippen molar-refractivity contribution in [3.63, 3.8) is 0 Å². The minimum absolute atomic E-state index is 0.253. The van der Waals surface area contributed by atoms with E-state index >= 15 is 0 Å². The molecular formula is C21H21FN6. The van der Waals surface area contributed by atoms with Crippen molar-refractivity contribution < 1.29 is 4.39 Å². The number of hydrogen-bond donors (Lipinski definition) is 1. The fourth-order valence-electron chi connectivity index (χ4n) is 3.87. The molecule has 2 aromatic heterocycles. The molecule has 142 valence electrons. The van der Waals surface area contributed by atoms with Crippen molar-refractivity contribution in [2.75, 3.05) is 13.1 Å². The van der Waals surface area contributed by atoms with E-state index in [1.165, 1.54) is 25.0 Å². The Kier molecular flexibility index (Phi) is 4.16. The summed E-state index contributed by atoms with van der Waals surface area (Å²) in [6.45, 7) is 3.02. The van der Waals surface area contributed by atoms with Crippen LogP contribution in [0.1, 0.15) is 18.7 Å². The predicted molar refractivity (Wildman–Crippen MR) is 106 cm³/mol. The van der Waals surface area contributed by atoms with E-state index in [0.29, 0.717) is 0 Å². The molecule has 1 N–H and O–H groups in total. The van der Waals surface area contributed by atoms with Gasteiger partial charge in [0, 0.05) is 23.6 Å². The fraction of sp³-hybridized carbons (Fsp3) is 0.286. The van der Waals surface area contributed by atoms with Crippen LogP contribution in [0.2, 0.25) is 0 Å². The van der Waals surface area contributed by atoms with Gasteiger partial charge in [-0.2, -0.15) is 10.2 Å². The van der Waals surface area contributed by atoms with Gasteiger partial charge in [-0.3, -0.25) is 14.7 Å². The lowest BCUT2D eigenvalue weighted by atomic mass is 10.1. The van der Waals surface area contributed by atoms with Crippen molar-refractivity contribution in [1.29, 1.82) is 0 Å². The van der Waals surface area contributed by atoms with Crippen LogP contribution >= 0.6 is 0 Å².